The average molecular weight is 426 g/mol. The molecule has 2 aliphatic carbocycles. The van der Waals surface area contributed by atoms with E-state index in [0.717, 1.165) is 69.3 Å². The Morgan fingerprint density at radius 2 is 1.90 bits per heavy atom. The van der Waals surface area contributed by atoms with Crippen LogP contribution in [0.25, 0.3) is 0 Å². The number of amides is 2. The van der Waals surface area contributed by atoms with Crippen LogP contribution in [-0.2, 0) is 17.8 Å². The highest BCUT2D eigenvalue weighted by Gasteiger charge is 2.34. The van der Waals surface area contributed by atoms with Crippen LogP contribution in [0.3, 0.4) is 0 Å². The number of pyridine rings is 1. The van der Waals surface area contributed by atoms with Crippen LogP contribution in [0.2, 0.25) is 0 Å². The van der Waals surface area contributed by atoms with Gasteiger partial charge in [0, 0.05) is 63.0 Å². The van der Waals surface area contributed by atoms with Gasteiger partial charge in [0.15, 0.2) is 0 Å². The molecule has 7 heteroatoms. The predicted octanol–water partition coefficient (Wildman–Crippen LogP) is 1.81. The molecular weight excluding hydrogens is 390 g/mol. The van der Waals surface area contributed by atoms with Crippen molar-refractivity contribution < 1.29 is 9.59 Å². The van der Waals surface area contributed by atoms with Crippen molar-refractivity contribution >= 4 is 11.8 Å². The van der Waals surface area contributed by atoms with Gasteiger partial charge in [-0.25, -0.2) is 4.98 Å². The zero-order chi connectivity index (χ0) is 21.4. The van der Waals surface area contributed by atoms with Gasteiger partial charge >= 0.3 is 0 Å². The highest BCUT2D eigenvalue weighted by atomic mass is 16.2. The lowest BCUT2D eigenvalue weighted by Gasteiger charge is -2.47. The Bertz CT molecular complexity index is 835. The topological polar surface area (TPSA) is 68.8 Å². The maximum absolute atomic E-state index is 13.0. The lowest BCUT2D eigenvalue weighted by Crippen LogP contribution is -2.59. The predicted molar refractivity (Wildman–Crippen MR) is 119 cm³/mol. The van der Waals surface area contributed by atoms with Crippen molar-refractivity contribution in [3.8, 4) is 0 Å². The number of hydrogen-bond donors (Lipinski definition) is 1. The summed E-state index contributed by atoms with van der Waals surface area (Å²) in [6, 6.07) is 5.39. The molecule has 168 valence electrons. The van der Waals surface area contributed by atoms with Crippen LogP contribution >= 0.6 is 0 Å². The molecule has 2 saturated carbocycles. The summed E-state index contributed by atoms with van der Waals surface area (Å²) in [4.78, 5) is 36.9. The minimum absolute atomic E-state index is 0.0553. The van der Waals surface area contributed by atoms with Crippen molar-refractivity contribution in [1.82, 2.24) is 25.0 Å². The zero-order valence-electron chi connectivity index (χ0n) is 18.7. The van der Waals surface area contributed by atoms with Crippen LogP contribution in [0.15, 0.2) is 12.1 Å². The molecule has 1 aromatic rings. The van der Waals surface area contributed by atoms with Gasteiger partial charge in [0.05, 0.1) is 6.54 Å². The molecular formula is C24H35N5O2. The van der Waals surface area contributed by atoms with E-state index in [2.05, 4.69) is 31.9 Å². The third-order valence-electron chi connectivity index (χ3n) is 7.73. The third-order valence-corrected chi connectivity index (χ3v) is 7.73. The quantitative estimate of drug-likeness (QED) is 0.779. The van der Waals surface area contributed by atoms with Crippen molar-refractivity contribution in [2.45, 2.75) is 76.5 Å². The van der Waals surface area contributed by atoms with E-state index < -0.39 is 0 Å². The summed E-state index contributed by atoms with van der Waals surface area (Å²) in [5.74, 6) is 0.188. The fraction of sp³-hybridized carbons (Fsp3) is 0.708. The van der Waals surface area contributed by atoms with Gasteiger partial charge in [-0.2, -0.15) is 0 Å². The number of piperazine rings is 1. The third kappa shape index (κ3) is 4.48. The van der Waals surface area contributed by atoms with Crippen LogP contribution < -0.4 is 5.32 Å². The number of aromatic nitrogens is 1. The molecule has 1 N–H and O–H groups in total. The van der Waals surface area contributed by atoms with Crippen LogP contribution in [0.4, 0.5) is 0 Å². The number of nitrogens with zero attached hydrogens (tertiary/aromatic N) is 4. The van der Waals surface area contributed by atoms with E-state index in [9.17, 15) is 9.59 Å². The second-order valence-corrected chi connectivity index (χ2v) is 9.88. The van der Waals surface area contributed by atoms with Gasteiger partial charge in [-0.15, -0.1) is 0 Å². The van der Waals surface area contributed by atoms with Crippen molar-refractivity contribution in [2.75, 3.05) is 32.7 Å². The molecule has 3 fully saturated rings. The Hall–Kier alpha value is -1.99. The van der Waals surface area contributed by atoms with E-state index >= 15 is 0 Å². The maximum atomic E-state index is 13.0. The van der Waals surface area contributed by atoms with E-state index in [0.29, 0.717) is 24.3 Å². The number of fused-ring (bicyclic) bond motifs is 1. The van der Waals surface area contributed by atoms with Crippen LogP contribution in [0, 0.1) is 0 Å². The van der Waals surface area contributed by atoms with Gasteiger partial charge in [-0.3, -0.25) is 19.4 Å². The summed E-state index contributed by atoms with van der Waals surface area (Å²) in [5, 5.41) is 3.07. The minimum Gasteiger partial charge on any atom is -0.348 e. The van der Waals surface area contributed by atoms with E-state index in [1.807, 2.05) is 12.1 Å². The van der Waals surface area contributed by atoms with Crippen LogP contribution in [0.1, 0.15) is 67.2 Å². The van der Waals surface area contributed by atoms with Crippen molar-refractivity contribution in [2.24, 2.45) is 0 Å². The van der Waals surface area contributed by atoms with E-state index in [4.69, 9.17) is 0 Å². The summed E-state index contributed by atoms with van der Waals surface area (Å²) in [6.07, 6.45) is 8.15. The Labute approximate surface area is 185 Å². The van der Waals surface area contributed by atoms with Gasteiger partial charge in [-0.05, 0) is 50.7 Å². The fourth-order valence-corrected chi connectivity index (χ4v) is 5.30. The second kappa shape index (κ2) is 8.87. The van der Waals surface area contributed by atoms with Gasteiger partial charge in [0.1, 0.15) is 5.69 Å². The second-order valence-electron chi connectivity index (χ2n) is 9.88. The number of rotatable bonds is 5. The molecule has 0 aromatic carbocycles. The lowest BCUT2D eigenvalue weighted by atomic mass is 9.90. The molecule has 1 saturated heterocycles. The van der Waals surface area contributed by atoms with Crippen LogP contribution in [-0.4, -0.2) is 82.3 Å². The van der Waals surface area contributed by atoms with Crippen molar-refractivity contribution in [3.63, 3.8) is 0 Å². The molecule has 2 aliphatic heterocycles. The van der Waals surface area contributed by atoms with E-state index in [-0.39, 0.29) is 11.8 Å². The monoisotopic (exact) mass is 425 g/mol. The standard InChI is InChI=1S/C24H35N5O2/c1-17-14-28(12-13-29(17)20-6-3-7-20)23(30)16-27-11-10-21-18(15-27)8-9-22(26-21)24(31)25-19-4-2-5-19/h8-9,17,19-20H,2-7,10-16H2,1H3,(H,25,31). The molecule has 0 bridgehead atoms. The molecule has 4 aliphatic rings. The molecule has 3 heterocycles. The molecule has 1 unspecified atom stereocenters. The first-order valence-electron chi connectivity index (χ1n) is 12.1. The molecule has 5 rings (SSSR count). The molecule has 7 nitrogen and oxygen atoms in total. The van der Waals surface area contributed by atoms with Crippen molar-refractivity contribution in [1.29, 1.82) is 0 Å². The van der Waals surface area contributed by atoms with Gasteiger partial charge in [0.2, 0.25) is 5.91 Å². The Balaban J connectivity index is 1.13. The fourth-order valence-electron chi connectivity index (χ4n) is 5.30. The van der Waals surface area contributed by atoms with Gasteiger partial charge in [0.25, 0.3) is 5.91 Å². The Morgan fingerprint density at radius 1 is 1.10 bits per heavy atom. The minimum atomic E-state index is -0.0553. The normalized spacial score (nSPS) is 25.5. The molecule has 2 amide bonds. The van der Waals surface area contributed by atoms with Gasteiger partial charge < -0.3 is 10.2 Å². The largest absolute Gasteiger partial charge is 0.348 e. The molecule has 0 radical (unpaired) electrons. The summed E-state index contributed by atoms with van der Waals surface area (Å²) < 4.78 is 0. The molecule has 0 spiro atoms. The van der Waals surface area contributed by atoms with Crippen LogP contribution in [0.5, 0.6) is 0 Å². The number of hydrogen-bond acceptors (Lipinski definition) is 5. The molecule has 31 heavy (non-hydrogen) atoms. The first-order chi connectivity index (χ1) is 15.1. The first-order valence-corrected chi connectivity index (χ1v) is 12.1. The SMILES string of the molecule is CC1CN(C(=O)CN2CCc3nc(C(=O)NC4CCC4)ccc3C2)CCN1C1CCC1. The number of carbonyl (C=O) groups is 2. The molecule has 1 aromatic heterocycles. The average Bonchev–Trinajstić information content (AvgIpc) is 2.70. The van der Waals surface area contributed by atoms with E-state index in [1.54, 1.807) is 0 Å². The Morgan fingerprint density at radius 3 is 2.58 bits per heavy atom. The van der Waals surface area contributed by atoms with E-state index in [1.165, 1.54) is 25.7 Å². The summed E-state index contributed by atoms with van der Waals surface area (Å²) in [7, 11) is 0. The lowest BCUT2D eigenvalue weighted by molar-refractivity contribution is -0.136. The summed E-state index contributed by atoms with van der Waals surface area (Å²) in [6.45, 7) is 6.99. The Kier molecular flexibility index (Phi) is 5.97. The molecule has 1 atom stereocenters. The highest BCUT2D eigenvalue weighted by molar-refractivity contribution is 5.92. The van der Waals surface area contributed by atoms with Crippen molar-refractivity contribution in [3.05, 3.63) is 29.1 Å². The zero-order valence-corrected chi connectivity index (χ0v) is 18.7. The number of nitrogens with one attached hydrogen (secondary N) is 1. The highest BCUT2D eigenvalue weighted by Crippen LogP contribution is 2.28. The van der Waals surface area contributed by atoms with Gasteiger partial charge in [-0.1, -0.05) is 12.5 Å². The first kappa shape index (κ1) is 20.9. The number of carbonyl (C=O) groups excluding carboxylic acids is 2. The smallest absolute Gasteiger partial charge is 0.270 e. The summed E-state index contributed by atoms with van der Waals surface area (Å²) >= 11 is 0. The maximum Gasteiger partial charge on any atom is 0.270 e. The summed E-state index contributed by atoms with van der Waals surface area (Å²) in [5.41, 5.74) is 2.67.